The van der Waals surface area contributed by atoms with Gasteiger partial charge in [0.25, 0.3) is 12.3 Å². The molecule has 0 unspecified atom stereocenters. The van der Waals surface area contributed by atoms with Crippen LogP contribution in [0, 0.1) is 11.3 Å². The van der Waals surface area contributed by atoms with Gasteiger partial charge in [0.15, 0.2) is 11.5 Å². The third-order valence-corrected chi connectivity index (χ3v) is 4.55. The van der Waals surface area contributed by atoms with Crippen molar-refractivity contribution in [1.29, 1.82) is 5.26 Å². The minimum absolute atomic E-state index is 0.104. The predicted molar refractivity (Wildman–Crippen MR) is 115 cm³/mol. The number of carbonyl (C=O) groups excluding carboxylic acids is 1. The molecule has 0 saturated carbocycles. The Bertz CT molecular complexity index is 1350. The molecule has 4 aromatic rings. The first-order valence-electron chi connectivity index (χ1n) is 9.97. The largest absolute Gasteiger partial charge is 0.352 e. The number of hydrogen-bond donors (Lipinski definition) is 2. The van der Waals surface area contributed by atoms with Crippen LogP contribution in [-0.4, -0.2) is 47.9 Å². The monoisotopic (exact) mass is 451 g/mol. The van der Waals surface area contributed by atoms with Crippen molar-refractivity contribution in [1.82, 2.24) is 34.8 Å². The van der Waals surface area contributed by atoms with Crippen molar-refractivity contribution in [3.63, 3.8) is 0 Å². The maximum absolute atomic E-state index is 12.7. The molecule has 4 aromatic heterocycles. The van der Waals surface area contributed by atoms with Gasteiger partial charge in [0.05, 0.1) is 34.9 Å². The molecule has 0 saturated heterocycles. The molecule has 2 N–H and O–H groups in total. The standard InChI is InChI=1S/C21H19F2N9O/c1-12(2)29-21(33)16-9-25-19(32-20-14(7-28-32)3-13(5-24)6-26-20)4-17(16)30-15-8-27-31(10-15)11-18(22)23/h3-4,6-10,12,18H,11H2,1-2H3,(H,25,30)(H,29,33). The van der Waals surface area contributed by atoms with Crippen molar-refractivity contribution in [2.45, 2.75) is 32.9 Å². The van der Waals surface area contributed by atoms with Gasteiger partial charge >= 0.3 is 0 Å². The number of amides is 1. The summed E-state index contributed by atoms with van der Waals surface area (Å²) in [7, 11) is 0. The van der Waals surface area contributed by atoms with Gasteiger partial charge in [0, 0.05) is 36.1 Å². The minimum Gasteiger partial charge on any atom is -0.352 e. The molecule has 12 heteroatoms. The maximum Gasteiger partial charge on any atom is 0.257 e. The van der Waals surface area contributed by atoms with Crippen LogP contribution in [0.5, 0.6) is 0 Å². The Balaban J connectivity index is 1.74. The highest BCUT2D eigenvalue weighted by Crippen LogP contribution is 2.24. The summed E-state index contributed by atoms with van der Waals surface area (Å²) in [5, 5.41) is 23.8. The Labute approximate surface area is 186 Å². The number of nitrogens with one attached hydrogen (secondary N) is 2. The van der Waals surface area contributed by atoms with Gasteiger partial charge in [-0.1, -0.05) is 0 Å². The van der Waals surface area contributed by atoms with Crippen LogP contribution in [0.2, 0.25) is 0 Å². The van der Waals surface area contributed by atoms with Gasteiger partial charge in [-0.05, 0) is 19.9 Å². The maximum atomic E-state index is 12.7. The first-order chi connectivity index (χ1) is 15.8. The van der Waals surface area contributed by atoms with E-state index in [-0.39, 0.29) is 17.5 Å². The molecule has 1 amide bonds. The van der Waals surface area contributed by atoms with Crippen molar-refractivity contribution in [2.24, 2.45) is 0 Å². The SMILES string of the molecule is CC(C)NC(=O)c1cnc(-n2ncc3cc(C#N)cnc32)cc1Nc1cnn(CC(F)F)c1. The molecule has 0 aliphatic heterocycles. The van der Waals surface area contributed by atoms with Crippen LogP contribution in [0.4, 0.5) is 20.2 Å². The van der Waals surface area contributed by atoms with Gasteiger partial charge in [0.2, 0.25) is 0 Å². The molecule has 0 spiro atoms. The summed E-state index contributed by atoms with van der Waals surface area (Å²) in [5.74, 6) is 0.0133. The van der Waals surface area contributed by atoms with Crippen molar-refractivity contribution >= 4 is 28.3 Å². The lowest BCUT2D eigenvalue weighted by Crippen LogP contribution is -2.30. The minimum atomic E-state index is -2.54. The van der Waals surface area contributed by atoms with Crippen molar-refractivity contribution in [3.05, 3.63) is 54.2 Å². The number of carbonyl (C=O) groups is 1. The quantitative estimate of drug-likeness (QED) is 0.442. The van der Waals surface area contributed by atoms with Crippen LogP contribution in [0.1, 0.15) is 29.8 Å². The van der Waals surface area contributed by atoms with Gasteiger partial charge < -0.3 is 10.6 Å². The third-order valence-electron chi connectivity index (χ3n) is 4.55. The van der Waals surface area contributed by atoms with E-state index in [0.29, 0.717) is 33.8 Å². The molecule has 168 valence electrons. The predicted octanol–water partition coefficient (Wildman–Crippen LogP) is 3.03. The summed E-state index contributed by atoms with van der Waals surface area (Å²) in [6.07, 6.45) is 4.66. The van der Waals surface area contributed by atoms with Crippen molar-refractivity contribution < 1.29 is 13.6 Å². The Morgan fingerprint density at radius 3 is 2.70 bits per heavy atom. The van der Waals surface area contributed by atoms with Crippen LogP contribution in [0.25, 0.3) is 16.9 Å². The highest BCUT2D eigenvalue weighted by molar-refractivity contribution is 6.00. The van der Waals surface area contributed by atoms with Crippen molar-refractivity contribution in [2.75, 3.05) is 5.32 Å². The fourth-order valence-electron chi connectivity index (χ4n) is 3.16. The van der Waals surface area contributed by atoms with E-state index in [2.05, 4.69) is 30.8 Å². The molecular weight excluding hydrogens is 432 g/mol. The van der Waals surface area contributed by atoms with Gasteiger partial charge in [0.1, 0.15) is 12.6 Å². The van der Waals surface area contributed by atoms with E-state index in [1.165, 1.54) is 29.5 Å². The van der Waals surface area contributed by atoms with Crippen LogP contribution >= 0.6 is 0 Å². The number of anilines is 2. The molecule has 0 aliphatic rings. The molecule has 4 heterocycles. The molecule has 0 atom stereocenters. The van der Waals surface area contributed by atoms with E-state index in [4.69, 9.17) is 5.26 Å². The number of nitrogens with zero attached hydrogens (tertiary/aromatic N) is 7. The van der Waals surface area contributed by atoms with Crippen LogP contribution in [-0.2, 0) is 6.54 Å². The molecule has 10 nitrogen and oxygen atoms in total. The van der Waals surface area contributed by atoms with E-state index in [0.717, 1.165) is 4.68 Å². The van der Waals surface area contributed by atoms with Crippen LogP contribution in [0.15, 0.2) is 43.1 Å². The van der Waals surface area contributed by atoms with E-state index in [1.54, 1.807) is 18.3 Å². The zero-order chi connectivity index (χ0) is 23.5. The normalized spacial score (nSPS) is 11.2. The summed E-state index contributed by atoms with van der Waals surface area (Å²) in [4.78, 5) is 21.4. The highest BCUT2D eigenvalue weighted by Gasteiger charge is 2.17. The van der Waals surface area contributed by atoms with E-state index < -0.39 is 13.0 Å². The van der Waals surface area contributed by atoms with Gasteiger partial charge in [-0.15, -0.1) is 0 Å². The second-order valence-corrected chi connectivity index (χ2v) is 7.49. The fraction of sp³-hybridized carbons (Fsp3) is 0.238. The van der Waals surface area contributed by atoms with Gasteiger partial charge in [-0.25, -0.2) is 18.7 Å². The van der Waals surface area contributed by atoms with E-state index in [9.17, 15) is 13.6 Å². The highest BCUT2D eigenvalue weighted by atomic mass is 19.3. The van der Waals surface area contributed by atoms with E-state index in [1.807, 2.05) is 19.9 Å². The average molecular weight is 451 g/mol. The Kier molecular flexibility index (Phi) is 5.95. The second kappa shape index (κ2) is 8.99. The molecular formula is C21H19F2N9O. The molecule has 0 bridgehead atoms. The van der Waals surface area contributed by atoms with Crippen molar-refractivity contribution in [3.8, 4) is 11.9 Å². The topological polar surface area (TPSA) is 126 Å². The summed E-state index contributed by atoms with van der Waals surface area (Å²) in [6, 6.07) is 5.19. The number of alkyl halides is 2. The number of hydrogen-bond acceptors (Lipinski definition) is 7. The first kappa shape index (κ1) is 21.8. The number of halogens is 2. The summed E-state index contributed by atoms with van der Waals surface area (Å²) >= 11 is 0. The molecule has 33 heavy (non-hydrogen) atoms. The number of aromatic nitrogens is 6. The zero-order valence-corrected chi connectivity index (χ0v) is 17.7. The lowest BCUT2D eigenvalue weighted by molar-refractivity contribution is 0.0943. The third kappa shape index (κ3) is 4.77. The summed E-state index contributed by atoms with van der Waals surface area (Å²) in [5.41, 5.74) is 1.95. The smallest absolute Gasteiger partial charge is 0.257 e. The second-order valence-electron chi connectivity index (χ2n) is 7.49. The lowest BCUT2D eigenvalue weighted by Gasteiger charge is -2.14. The first-order valence-corrected chi connectivity index (χ1v) is 9.97. The van der Waals surface area contributed by atoms with Crippen LogP contribution in [0.3, 0.4) is 0 Å². The Morgan fingerprint density at radius 2 is 1.97 bits per heavy atom. The van der Waals surface area contributed by atoms with Crippen LogP contribution < -0.4 is 10.6 Å². The number of pyridine rings is 2. The molecule has 0 fully saturated rings. The zero-order valence-electron chi connectivity index (χ0n) is 17.7. The molecule has 0 aliphatic carbocycles. The fourth-order valence-corrected chi connectivity index (χ4v) is 3.16. The van der Waals surface area contributed by atoms with Gasteiger partial charge in [-0.3, -0.25) is 9.48 Å². The molecule has 0 aromatic carbocycles. The Hall–Kier alpha value is -4.40. The average Bonchev–Trinajstić information content (AvgIpc) is 3.38. The molecule has 4 rings (SSSR count). The molecule has 0 radical (unpaired) electrons. The van der Waals surface area contributed by atoms with E-state index >= 15 is 0 Å². The number of nitriles is 1. The van der Waals surface area contributed by atoms with Gasteiger partial charge in [-0.2, -0.15) is 20.1 Å². The Morgan fingerprint density at radius 1 is 1.15 bits per heavy atom. The number of fused-ring (bicyclic) bond motifs is 1. The lowest BCUT2D eigenvalue weighted by atomic mass is 10.2. The summed E-state index contributed by atoms with van der Waals surface area (Å²) < 4.78 is 27.9. The number of rotatable bonds is 7. The summed E-state index contributed by atoms with van der Waals surface area (Å²) in [6.45, 7) is 3.12.